The first kappa shape index (κ1) is 12.0. The fourth-order valence-corrected chi connectivity index (χ4v) is 1.88. The molecule has 0 saturated carbocycles. The number of aromatic nitrogens is 1. The zero-order valence-electron chi connectivity index (χ0n) is 9.50. The molecule has 7 nitrogen and oxygen atoms in total. The van der Waals surface area contributed by atoms with Crippen LogP contribution in [0.4, 0.5) is 11.5 Å². The first-order valence-electron chi connectivity index (χ1n) is 5.44. The van der Waals surface area contributed by atoms with E-state index in [4.69, 9.17) is 5.26 Å². The molecule has 1 aromatic rings. The first-order valence-corrected chi connectivity index (χ1v) is 5.44. The Hall–Kier alpha value is -2.49. The fraction of sp³-hybridized carbons (Fsp3) is 0.364. The van der Waals surface area contributed by atoms with Crippen LogP contribution >= 0.6 is 0 Å². The van der Waals surface area contributed by atoms with Crippen molar-refractivity contribution >= 4 is 17.3 Å². The maximum absolute atomic E-state index is 11.3. The largest absolute Gasteiger partial charge is 0.349 e. The smallest absolute Gasteiger partial charge is 0.305 e. The van der Waals surface area contributed by atoms with Crippen molar-refractivity contribution in [1.82, 2.24) is 4.98 Å². The number of rotatable bonds is 2. The van der Waals surface area contributed by atoms with Gasteiger partial charge < -0.3 is 4.90 Å². The van der Waals surface area contributed by atoms with Crippen LogP contribution in [0.15, 0.2) is 12.1 Å². The minimum absolute atomic E-state index is 0.111. The molecule has 1 aliphatic rings. The summed E-state index contributed by atoms with van der Waals surface area (Å²) in [5.41, 5.74) is -0.542. The molecule has 0 N–H and O–H groups in total. The van der Waals surface area contributed by atoms with E-state index in [1.165, 1.54) is 12.1 Å². The van der Waals surface area contributed by atoms with Crippen LogP contribution in [0.2, 0.25) is 0 Å². The Morgan fingerprint density at radius 2 is 2.28 bits per heavy atom. The van der Waals surface area contributed by atoms with Crippen LogP contribution in [-0.4, -0.2) is 28.8 Å². The molecule has 1 fully saturated rings. The van der Waals surface area contributed by atoms with Gasteiger partial charge in [0.2, 0.25) is 5.69 Å². The molecule has 1 saturated heterocycles. The van der Waals surface area contributed by atoms with Gasteiger partial charge in [-0.25, -0.2) is 4.98 Å². The lowest BCUT2D eigenvalue weighted by Gasteiger charge is -2.26. The molecular weight excluding hydrogens is 236 g/mol. The number of nitriles is 1. The molecule has 0 amide bonds. The molecule has 92 valence electrons. The van der Waals surface area contributed by atoms with Crippen molar-refractivity contribution in [3.05, 3.63) is 27.9 Å². The number of ketones is 1. The van der Waals surface area contributed by atoms with E-state index in [0.29, 0.717) is 18.8 Å². The van der Waals surface area contributed by atoms with Gasteiger partial charge in [-0.3, -0.25) is 14.9 Å². The van der Waals surface area contributed by atoms with Gasteiger partial charge in [0.25, 0.3) is 0 Å². The summed E-state index contributed by atoms with van der Waals surface area (Å²) in [6.45, 7) is 0.914. The van der Waals surface area contributed by atoms with Crippen molar-refractivity contribution in [1.29, 1.82) is 5.26 Å². The lowest BCUT2D eigenvalue weighted by atomic mass is 10.1. The number of carbonyl (C=O) groups excluding carboxylic acids is 1. The second kappa shape index (κ2) is 4.79. The molecule has 0 atom stereocenters. The molecule has 1 aliphatic heterocycles. The highest BCUT2D eigenvalue weighted by Gasteiger charge is 2.21. The summed E-state index contributed by atoms with van der Waals surface area (Å²) in [6, 6.07) is 4.42. The number of nitrogens with zero attached hydrogens (tertiary/aromatic N) is 4. The third kappa shape index (κ3) is 2.27. The fourth-order valence-electron chi connectivity index (χ4n) is 1.88. The standard InChI is InChI=1S/C11H10N4O3/c12-6-9-10(15(17)18)3-4-11(13-9)14-5-1-2-8(16)7-14/h3-4H,1-2,5,7H2. The van der Waals surface area contributed by atoms with Crippen molar-refractivity contribution in [3.63, 3.8) is 0 Å². The topological polar surface area (TPSA) is 100 Å². The Morgan fingerprint density at radius 1 is 1.50 bits per heavy atom. The van der Waals surface area contributed by atoms with Gasteiger partial charge in [-0.15, -0.1) is 0 Å². The number of hydrogen-bond donors (Lipinski definition) is 0. The Balaban J connectivity index is 2.33. The van der Waals surface area contributed by atoms with E-state index in [0.717, 1.165) is 6.42 Å². The number of piperidine rings is 1. The minimum atomic E-state index is -0.642. The molecule has 7 heteroatoms. The molecule has 18 heavy (non-hydrogen) atoms. The molecule has 0 aliphatic carbocycles. The molecule has 0 unspecified atom stereocenters. The average Bonchev–Trinajstić information content (AvgIpc) is 2.37. The molecule has 0 radical (unpaired) electrons. The Labute approximate surface area is 103 Å². The molecule has 2 rings (SSSR count). The molecule has 1 aromatic heterocycles. The third-order valence-electron chi connectivity index (χ3n) is 2.74. The van der Waals surface area contributed by atoms with Crippen LogP contribution in [0, 0.1) is 21.4 Å². The van der Waals surface area contributed by atoms with Gasteiger partial charge in [0.15, 0.2) is 5.78 Å². The van der Waals surface area contributed by atoms with E-state index in [2.05, 4.69) is 4.98 Å². The van der Waals surface area contributed by atoms with Gasteiger partial charge in [0.1, 0.15) is 11.9 Å². The zero-order valence-corrected chi connectivity index (χ0v) is 9.50. The average molecular weight is 246 g/mol. The monoisotopic (exact) mass is 246 g/mol. The van der Waals surface area contributed by atoms with E-state index < -0.39 is 4.92 Å². The van der Waals surface area contributed by atoms with Crippen molar-refractivity contribution in [3.8, 4) is 6.07 Å². The third-order valence-corrected chi connectivity index (χ3v) is 2.74. The predicted molar refractivity (Wildman–Crippen MR) is 62.1 cm³/mol. The van der Waals surface area contributed by atoms with E-state index in [1.807, 2.05) is 0 Å². The van der Waals surface area contributed by atoms with E-state index in [9.17, 15) is 14.9 Å². The maximum Gasteiger partial charge on any atom is 0.305 e. The van der Waals surface area contributed by atoms with Crippen LogP contribution in [0.25, 0.3) is 0 Å². The summed E-state index contributed by atoms with van der Waals surface area (Å²) in [6.07, 6.45) is 1.29. The molecule has 0 spiro atoms. The van der Waals surface area contributed by atoms with Gasteiger partial charge in [-0.1, -0.05) is 0 Å². The van der Waals surface area contributed by atoms with Crippen LogP contribution in [0.1, 0.15) is 18.5 Å². The second-order valence-corrected chi connectivity index (χ2v) is 3.97. The molecular formula is C11H10N4O3. The van der Waals surface area contributed by atoms with Gasteiger partial charge in [0, 0.05) is 19.0 Å². The zero-order chi connectivity index (χ0) is 13.1. The van der Waals surface area contributed by atoms with Crippen molar-refractivity contribution in [2.24, 2.45) is 0 Å². The van der Waals surface area contributed by atoms with Crippen LogP contribution in [0.3, 0.4) is 0 Å². The number of hydrogen-bond acceptors (Lipinski definition) is 6. The molecule has 0 aromatic carbocycles. The highest BCUT2D eigenvalue weighted by Crippen LogP contribution is 2.22. The quantitative estimate of drug-likeness (QED) is 0.570. The van der Waals surface area contributed by atoms with Crippen molar-refractivity contribution in [2.75, 3.05) is 18.0 Å². The number of pyridine rings is 1. The van der Waals surface area contributed by atoms with E-state index in [-0.39, 0.29) is 23.7 Å². The number of anilines is 1. The number of carbonyl (C=O) groups is 1. The van der Waals surface area contributed by atoms with Gasteiger partial charge >= 0.3 is 5.69 Å². The lowest BCUT2D eigenvalue weighted by Crippen LogP contribution is -2.36. The highest BCUT2D eigenvalue weighted by molar-refractivity contribution is 5.84. The van der Waals surface area contributed by atoms with Gasteiger partial charge in [0.05, 0.1) is 11.5 Å². The summed E-state index contributed by atoms with van der Waals surface area (Å²) in [7, 11) is 0. The maximum atomic E-state index is 11.3. The Morgan fingerprint density at radius 3 is 2.89 bits per heavy atom. The number of nitro groups is 1. The summed E-state index contributed by atoms with van der Waals surface area (Å²) in [5.74, 6) is 0.546. The van der Waals surface area contributed by atoms with Crippen molar-refractivity contribution < 1.29 is 9.72 Å². The van der Waals surface area contributed by atoms with Gasteiger partial charge in [-0.2, -0.15) is 5.26 Å². The highest BCUT2D eigenvalue weighted by atomic mass is 16.6. The SMILES string of the molecule is N#Cc1nc(N2CCCC(=O)C2)ccc1[N+](=O)[O-]. The van der Waals surface area contributed by atoms with Crippen molar-refractivity contribution in [2.45, 2.75) is 12.8 Å². The first-order chi connectivity index (χ1) is 8.61. The van der Waals surface area contributed by atoms with E-state index in [1.54, 1.807) is 11.0 Å². The van der Waals surface area contributed by atoms with Crippen LogP contribution < -0.4 is 4.90 Å². The Bertz CT molecular complexity index is 550. The summed E-state index contributed by atoms with van der Waals surface area (Å²) < 4.78 is 0. The normalized spacial score (nSPS) is 15.3. The second-order valence-electron chi connectivity index (χ2n) is 3.97. The summed E-state index contributed by atoms with van der Waals surface area (Å²) >= 11 is 0. The minimum Gasteiger partial charge on any atom is -0.349 e. The molecule has 2 heterocycles. The summed E-state index contributed by atoms with van der Waals surface area (Å²) in [5, 5.41) is 19.5. The molecule has 0 bridgehead atoms. The van der Waals surface area contributed by atoms with Gasteiger partial charge in [-0.05, 0) is 12.5 Å². The summed E-state index contributed by atoms with van der Waals surface area (Å²) in [4.78, 5) is 27.0. The number of Topliss-reactive ketones (excluding diaryl/α,β-unsaturated/α-hetero) is 1. The lowest BCUT2D eigenvalue weighted by molar-refractivity contribution is -0.385. The predicted octanol–water partition coefficient (Wildman–Crippen LogP) is 1.03. The van der Waals surface area contributed by atoms with Crippen LogP contribution in [0.5, 0.6) is 0 Å². The van der Waals surface area contributed by atoms with Crippen LogP contribution in [-0.2, 0) is 4.79 Å². The Kier molecular flexibility index (Phi) is 3.19. The van der Waals surface area contributed by atoms with E-state index >= 15 is 0 Å².